The standard InChI is InChI=1S/C17H26N2O3S/c1-13(2)23-17-15(7-3-8-19-17)16(20)18-9-5-10-21-12-14-6-4-11-22-14/h3,7-8,13-14H,4-6,9-12H2,1-2H3,(H,18,20)/t14-/m0/s1. The lowest BCUT2D eigenvalue weighted by Gasteiger charge is -2.11. The lowest BCUT2D eigenvalue weighted by molar-refractivity contribution is 0.0166. The second-order valence-electron chi connectivity index (χ2n) is 5.84. The van der Waals surface area contributed by atoms with Crippen LogP contribution >= 0.6 is 11.8 Å². The molecule has 0 saturated carbocycles. The molecule has 0 aromatic carbocycles. The maximum Gasteiger partial charge on any atom is 0.254 e. The molecule has 0 aliphatic carbocycles. The molecule has 1 fully saturated rings. The molecule has 1 N–H and O–H groups in total. The first-order valence-electron chi connectivity index (χ1n) is 8.26. The highest BCUT2D eigenvalue weighted by Crippen LogP contribution is 2.24. The van der Waals surface area contributed by atoms with E-state index in [1.165, 1.54) is 0 Å². The molecule has 5 nitrogen and oxygen atoms in total. The molecule has 23 heavy (non-hydrogen) atoms. The first kappa shape index (κ1) is 18.2. The minimum absolute atomic E-state index is 0.0691. The predicted molar refractivity (Wildman–Crippen MR) is 92.0 cm³/mol. The molecule has 1 aliphatic rings. The van der Waals surface area contributed by atoms with E-state index >= 15 is 0 Å². The Hall–Kier alpha value is -1.11. The molecule has 1 saturated heterocycles. The van der Waals surface area contributed by atoms with Crippen LogP contribution in [0.25, 0.3) is 0 Å². The molecule has 0 spiro atoms. The van der Waals surface area contributed by atoms with Gasteiger partial charge >= 0.3 is 0 Å². The fourth-order valence-corrected chi connectivity index (χ4v) is 3.20. The van der Waals surface area contributed by atoms with Gasteiger partial charge in [-0.05, 0) is 31.4 Å². The van der Waals surface area contributed by atoms with Crippen LogP contribution in [0, 0.1) is 0 Å². The largest absolute Gasteiger partial charge is 0.379 e. The van der Waals surface area contributed by atoms with E-state index in [-0.39, 0.29) is 12.0 Å². The number of pyridine rings is 1. The zero-order valence-electron chi connectivity index (χ0n) is 13.9. The first-order chi connectivity index (χ1) is 11.2. The molecule has 1 aliphatic heterocycles. The van der Waals surface area contributed by atoms with Crippen molar-refractivity contribution in [3.63, 3.8) is 0 Å². The zero-order chi connectivity index (χ0) is 16.5. The Balaban J connectivity index is 1.66. The number of carbonyl (C=O) groups is 1. The van der Waals surface area contributed by atoms with Crippen LogP contribution in [0.1, 0.15) is 43.5 Å². The number of rotatable bonds is 9. The van der Waals surface area contributed by atoms with E-state index in [2.05, 4.69) is 24.1 Å². The lowest BCUT2D eigenvalue weighted by Crippen LogP contribution is -2.26. The Kier molecular flexibility index (Phi) is 7.85. The molecule has 128 valence electrons. The van der Waals surface area contributed by atoms with E-state index in [1.54, 1.807) is 24.0 Å². The first-order valence-corrected chi connectivity index (χ1v) is 9.14. The van der Waals surface area contributed by atoms with Gasteiger partial charge in [-0.15, -0.1) is 11.8 Å². The average Bonchev–Trinajstić information content (AvgIpc) is 3.04. The van der Waals surface area contributed by atoms with Crippen LogP contribution in [0.5, 0.6) is 0 Å². The second-order valence-corrected chi connectivity index (χ2v) is 7.41. The zero-order valence-corrected chi connectivity index (χ0v) is 14.7. The summed E-state index contributed by atoms with van der Waals surface area (Å²) in [5.41, 5.74) is 0.645. The van der Waals surface area contributed by atoms with E-state index in [0.29, 0.717) is 30.6 Å². The van der Waals surface area contributed by atoms with Crippen molar-refractivity contribution in [3.05, 3.63) is 23.9 Å². The number of hydrogen-bond acceptors (Lipinski definition) is 5. The Bertz CT molecular complexity index is 490. The maximum absolute atomic E-state index is 12.3. The normalized spacial score (nSPS) is 17.6. The molecule has 6 heteroatoms. The van der Waals surface area contributed by atoms with Crippen molar-refractivity contribution >= 4 is 17.7 Å². The van der Waals surface area contributed by atoms with E-state index in [4.69, 9.17) is 9.47 Å². The van der Waals surface area contributed by atoms with Gasteiger partial charge in [-0.3, -0.25) is 4.79 Å². The maximum atomic E-state index is 12.3. The monoisotopic (exact) mass is 338 g/mol. The van der Waals surface area contributed by atoms with Gasteiger partial charge in [-0.2, -0.15) is 0 Å². The minimum atomic E-state index is -0.0691. The van der Waals surface area contributed by atoms with Crippen LogP contribution in [0.4, 0.5) is 0 Å². The predicted octanol–water partition coefficient (Wildman–Crippen LogP) is 2.90. The van der Waals surface area contributed by atoms with Crippen molar-refractivity contribution in [2.24, 2.45) is 0 Å². The quantitative estimate of drug-likeness (QED) is 0.554. The number of hydrogen-bond donors (Lipinski definition) is 1. The summed E-state index contributed by atoms with van der Waals surface area (Å²) in [6.45, 7) is 6.93. The number of carbonyl (C=O) groups excluding carboxylic acids is 1. The van der Waals surface area contributed by atoms with E-state index < -0.39 is 0 Å². The summed E-state index contributed by atoms with van der Waals surface area (Å²) < 4.78 is 11.1. The Labute approximate surface area is 142 Å². The second kappa shape index (κ2) is 9.90. The number of amides is 1. The van der Waals surface area contributed by atoms with Crippen LogP contribution in [-0.2, 0) is 9.47 Å². The molecule has 2 heterocycles. The summed E-state index contributed by atoms with van der Waals surface area (Å²) in [7, 11) is 0. The van der Waals surface area contributed by atoms with Gasteiger partial charge < -0.3 is 14.8 Å². The highest BCUT2D eigenvalue weighted by Gasteiger charge is 2.15. The number of nitrogens with zero attached hydrogens (tertiary/aromatic N) is 1. The smallest absolute Gasteiger partial charge is 0.254 e. The van der Waals surface area contributed by atoms with Crippen LogP contribution in [0.15, 0.2) is 23.4 Å². The lowest BCUT2D eigenvalue weighted by atomic mass is 10.2. The Morgan fingerprint density at radius 2 is 2.43 bits per heavy atom. The van der Waals surface area contributed by atoms with Crippen molar-refractivity contribution in [2.75, 3.05) is 26.4 Å². The van der Waals surface area contributed by atoms with Gasteiger partial charge in [-0.25, -0.2) is 4.98 Å². The van der Waals surface area contributed by atoms with Gasteiger partial charge in [0.15, 0.2) is 0 Å². The Morgan fingerprint density at radius 1 is 1.57 bits per heavy atom. The molecule has 1 amide bonds. The number of aromatic nitrogens is 1. The van der Waals surface area contributed by atoms with Crippen LogP contribution in [0.3, 0.4) is 0 Å². The van der Waals surface area contributed by atoms with Crippen molar-refractivity contribution in [1.29, 1.82) is 0 Å². The van der Waals surface area contributed by atoms with Gasteiger partial charge in [0.05, 0.1) is 18.3 Å². The SMILES string of the molecule is CC(C)Sc1ncccc1C(=O)NCCCOC[C@@H]1CCCO1. The van der Waals surface area contributed by atoms with Gasteiger partial charge in [-0.1, -0.05) is 13.8 Å². The summed E-state index contributed by atoms with van der Waals surface area (Å²) in [4.78, 5) is 16.6. The Morgan fingerprint density at radius 3 is 3.17 bits per heavy atom. The third kappa shape index (κ3) is 6.49. The molecule has 2 rings (SSSR count). The number of thioether (sulfide) groups is 1. The van der Waals surface area contributed by atoms with Crippen LogP contribution in [-0.4, -0.2) is 48.6 Å². The van der Waals surface area contributed by atoms with Crippen LogP contribution in [0.2, 0.25) is 0 Å². The molecule has 0 radical (unpaired) electrons. The van der Waals surface area contributed by atoms with Gasteiger partial charge in [0.25, 0.3) is 5.91 Å². The third-order valence-corrected chi connectivity index (χ3v) is 4.46. The minimum Gasteiger partial charge on any atom is -0.379 e. The van der Waals surface area contributed by atoms with Crippen LogP contribution < -0.4 is 5.32 Å². The summed E-state index contributed by atoms with van der Waals surface area (Å²) in [5, 5.41) is 4.12. The van der Waals surface area contributed by atoms with Crippen molar-refractivity contribution in [3.8, 4) is 0 Å². The van der Waals surface area contributed by atoms with Gasteiger partial charge in [0.1, 0.15) is 5.03 Å². The third-order valence-electron chi connectivity index (χ3n) is 3.44. The van der Waals surface area contributed by atoms with Gasteiger partial charge in [0.2, 0.25) is 0 Å². The topological polar surface area (TPSA) is 60.5 Å². The fourth-order valence-electron chi connectivity index (χ4n) is 2.34. The fraction of sp³-hybridized carbons (Fsp3) is 0.647. The highest BCUT2D eigenvalue weighted by molar-refractivity contribution is 7.99. The molecule has 1 aromatic heterocycles. The number of ether oxygens (including phenoxy) is 2. The molecule has 1 aromatic rings. The summed E-state index contributed by atoms with van der Waals surface area (Å²) in [6, 6.07) is 3.62. The van der Waals surface area contributed by atoms with Crippen molar-refractivity contribution < 1.29 is 14.3 Å². The molecule has 0 bridgehead atoms. The summed E-state index contributed by atoms with van der Waals surface area (Å²) in [6.07, 6.45) is 5.00. The van der Waals surface area contributed by atoms with Crippen molar-refractivity contribution in [2.45, 2.75) is 49.5 Å². The van der Waals surface area contributed by atoms with E-state index in [1.807, 2.05) is 6.07 Å². The van der Waals surface area contributed by atoms with E-state index in [0.717, 1.165) is 30.9 Å². The molecule has 1 atom stereocenters. The molecular weight excluding hydrogens is 312 g/mol. The molecular formula is C17H26N2O3S. The summed E-state index contributed by atoms with van der Waals surface area (Å²) >= 11 is 1.60. The summed E-state index contributed by atoms with van der Waals surface area (Å²) in [5.74, 6) is -0.0691. The molecule has 0 unspecified atom stereocenters. The van der Waals surface area contributed by atoms with E-state index in [9.17, 15) is 4.79 Å². The average molecular weight is 338 g/mol. The highest BCUT2D eigenvalue weighted by atomic mass is 32.2. The number of nitrogens with one attached hydrogen (secondary N) is 1. The van der Waals surface area contributed by atoms with Crippen molar-refractivity contribution in [1.82, 2.24) is 10.3 Å². The van der Waals surface area contributed by atoms with Gasteiger partial charge in [0, 0.05) is 31.2 Å².